The molecular formula is C25H26N4O7S. The smallest absolute Gasteiger partial charge is 0.271 e. The number of primary sulfonamides is 1. The molecule has 12 heteroatoms. The van der Waals surface area contributed by atoms with Crippen LogP contribution in [0.25, 0.3) is 11.1 Å². The van der Waals surface area contributed by atoms with Crippen molar-refractivity contribution in [3.8, 4) is 16.9 Å². The highest BCUT2D eigenvalue weighted by molar-refractivity contribution is 7.89. The van der Waals surface area contributed by atoms with Gasteiger partial charge in [0.2, 0.25) is 10.0 Å². The Bertz CT molecular complexity index is 1470. The first-order chi connectivity index (χ1) is 17.6. The van der Waals surface area contributed by atoms with Crippen molar-refractivity contribution < 1.29 is 27.6 Å². The monoisotopic (exact) mass is 526 g/mol. The number of morpholine rings is 1. The molecule has 3 aromatic rings. The molecule has 1 amide bonds. The van der Waals surface area contributed by atoms with E-state index < -0.39 is 20.9 Å². The highest BCUT2D eigenvalue weighted by Crippen LogP contribution is 2.36. The van der Waals surface area contributed by atoms with Crippen LogP contribution in [0.3, 0.4) is 0 Å². The van der Waals surface area contributed by atoms with Gasteiger partial charge in [-0.1, -0.05) is 6.07 Å². The SMILES string of the molecule is COc1cc(NC(=O)c2ccc(-c3ccc([N+](=O)[O-])cc3N3CCOCC3)c(C)c2)ccc1S(N)(=O)=O. The van der Waals surface area contributed by atoms with Crippen molar-refractivity contribution in [2.75, 3.05) is 43.6 Å². The summed E-state index contributed by atoms with van der Waals surface area (Å²) in [6.45, 7) is 4.15. The van der Waals surface area contributed by atoms with Gasteiger partial charge < -0.3 is 19.7 Å². The Hall–Kier alpha value is -4.00. The summed E-state index contributed by atoms with van der Waals surface area (Å²) in [7, 11) is -2.68. The fourth-order valence-electron chi connectivity index (χ4n) is 4.22. The predicted molar refractivity (Wildman–Crippen MR) is 139 cm³/mol. The normalized spacial score (nSPS) is 13.8. The molecule has 3 aromatic carbocycles. The molecule has 1 heterocycles. The van der Waals surface area contributed by atoms with Crippen molar-refractivity contribution in [2.45, 2.75) is 11.8 Å². The highest BCUT2D eigenvalue weighted by Gasteiger charge is 2.21. The predicted octanol–water partition coefficient (Wildman–Crippen LogP) is 3.32. The van der Waals surface area contributed by atoms with Gasteiger partial charge in [0, 0.05) is 48.1 Å². The molecule has 4 rings (SSSR count). The van der Waals surface area contributed by atoms with Crippen molar-refractivity contribution in [1.29, 1.82) is 0 Å². The van der Waals surface area contributed by atoms with Gasteiger partial charge in [-0.15, -0.1) is 0 Å². The molecular weight excluding hydrogens is 500 g/mol. The number of nitro benzene ring substituents is 1. The molecule has 0 bridgehead atoms. The van der Waals surface area contributed by atoms with Crippen LogP contribution in [0.1, 0.15) is 15.9 Å². The van der Waals surface area contributed by atoms with Gasteiger partial charge in [-0.05, 0) is 48.4 Å². The lowest BCUT2D eigenvalue weighted by molar-refractivity contribution is -0.384. The Morgan fingerprint density at radius 2 is 1.78 bits per heavy atom. The fraction of sp³-hybridized carbons (Fsp3) is 0.240. The van der Waals surface area contributed by atoms with Crippen LogP contribution in [0.2, 0.25) is 0 Å². The van der Waals surface area contributed by atoms with Gasteiger partial charge in [0.1, 0.15) is 10.6 Å². The number of sulfonamides is 1. The van der Waals surface area contributed by atoms with Crippen LogP contribution in [-0.2, 0) is 14.8 Å². The molecule has 0 radical (unpaired) electrons. The molecule has 194 valence electrons. The number of nitro groups is 1. The van der Waals surface area contributed by atoms with Gasteiger partial charge in [-0.25, -0.2) is 13.6 Å². The number of hydrogen-bond acceptors (Lipinski definition) is 8. The number of amides is 1. The second-order valence-corrected chi connectivity index (χ2v) is 9.98. The van der Waals surface area contributed by atoms with Gasteiger partial charge >= 0.3 is 0 Å². The Labute approximate surface area is 214 Å². The number of hydrogen-bond donors (Lipinski definition) is 2. The molecule has 1 fully saturated rings. The number of nitrogens with two attached hydrogens (primary N) is 1. The lowest BCUT2D eigenvalue weighted by atomic mass is 9.95. The average Bonchev–Trinajstić information content (AvgIpc) is 2.88. The third-order valence-corrected chi connectivity index (χ3v) is 7.00. The summed E-state index contributed by atoms with van der Waals surface area (Å²) < 4.78 is 33.9. The molecule has 0 aliphatic carbocycles. The lowest BCUT2D eigenvalue weighted by Crippen LogP contribution is -2.36. The number of carbonyl (C=O) groups excluding carboxylic acids is 1. The first-order valence-corrected chi connectivity index (χ1v) is 12.9. The van der Waals surface area contributed by atoms with E-state index in [1.54, 1.807) is 30.3 Å². The zero-order valence-corrected chi connectivity index (χ0v) is 21.1. The van der Waals surface area contributed by atoms with Gasteiger partial charge in [-0.2, -0.15) is 0 Å². The molecule has 1 aliphatic rings. The average molecular weight is 527 g/mol. The molecule has 3 N–H and O–H groups in total. The van der Waals surface area contributed by atoms with E-state index in [9.17, 15) is 23.3 Å². The van der Waals surface area contributed by atoms with E-state index >= 15 is 0 Å². The molecule has 0 spiro atoms. The number of aryl methyl sites for hydroxylation is 1. The van der Waals surface area contributed by atoms with E-state index in [-0.39, 0.29) is 16.3 Å². The molecule has 1 aliphatic heterocycles. The van der Waals surface area contributed by atoms with E-state index in [1.807, 2.05) is 6.92 Å². The maximum atomic E-state index is 12.9. The molecule has 0 atom stereocenters. The van der Waals surface area contributed by atoms with Crippen molar-refractivity contribution in [3.05, 3.63) is 75.8 Å². The topological polar surface area (TPSA) is 154 Å². The number of methoxy groups -OCH3 is 1. The van der Waals surface area contributed by atoms with E-state index in [1.165, 1.54) is 31.4 Å². The van der Waals surface area contributed by atoms with Gasteiger partial charge in [0.05, 0.1) is 30.9 Å². The van der Waals surface area contributed by atoms with Crippen molar-refractivity contribution in [2.24, 2.45) is 5.14 Å². The quantitative estimate of drug-likeness (QED) is 0.351. The number of nitrogens with zero attached hydrogens (tertiary/aromatic N) is 2. The Morgan fingerprint density at radius 1 is 1.08 bits per heavy atom. The minimum absolute atomic E-state index is 0.00257. The largest absolute Gasteiger partial charge is 0.495 e. The number of anilines is 2. The van der Waals surface area contributed by atoms with Crippen molar-refractivity contribution in [1.82, 2.24) is 0 Å². The molecule has 1 saturated heterocycles. The molecule has 11 nitrogen and oxygen atoms in total. The van der Waals surface area contributed by atoms with Gasteiger partial charge in [-0.3, -0.25) is 14.9 Å². The van der Waals surface area contributed by atoms with Crippen LogP contribution in [0, 0.1) is 17.0 Å². The van der Waals surface area contributed by atoms with Crippen LogP contribution < -0.4 is 20.1 Å². The van der Waals surface area contributed by atoms with Crippen LogP contribution in [-0.4, -0.2) is 52.7 Å². The number of rotatable bonds is 7. The summed E-state index contributed by atoms with van der Waals surface area (Å²) in [5.74, 6) is -0.391. The number of ether oxygens (including phenoxy) is 2. The van der Waals surface area contributed by atoms with Gasteiger partial charge in [0.15, 0.2) is 0 Å². The maximum absolute atomic E-state index is 12.9. The lowest BCUT2D eigenvalue weighted by Gasteiger charge is -2.30. The zero-order chi connectivity index (χ0) is 26.7. The minimum atomic E-state index is -3.98. The second kappa shape index (κ2) is 10.5. The van der Waals surface area contributed by atoms with Gasteiger partial charge in [0.25, 0.3) is 11.6 Å². The number of nitrogens with one attached hydrogen (secondary N) is 1. The van der Waals surface area contributed by atoms with Crippen LogP contribution in [0.15, 0.2) is 59.5 Å². The van der Waals surface area contributed by atoms with Crippen LogP contribution >= 0.6 is 0 Å². The van der Waals surface area contributed by atoms with E-state index in [0.717, 1.165) is 22.4 Å². The summed E-state index contributed by atoms with van der Waals surface area (Å²) >= 11 is 0. The first kappa shape index (κ1) is 26.1. The standard InChI is InChI=1S/C25H26N4O7S/c1-16-13-17(25(30)27-18-4-8-24(37(26,33)34)23(14-18)35-2)3-6-20(16)21-7-5-19(29(31)32)15-22(21)28-9-11-36-12-10-28/h3-8,13-15H,9-12H2,1-2H3,(H,27,30)(H2,26,33,34). The number of benzene rings is 3. The van der Waals surface area contributed by atoms with E-state index in [2.05, 4.69) is 10.2 Å². The second-order valence-electron chi connectivity index (χ2n) is 8.45. The Balaban J connectivity index is 1.63. The van der Waals surface area contributed by atoms with Crippen LogP contribution in [0.5, 0.6) is 5.75 Å². The van der Waals surface area contributed by atoms with Crippen LogP contribution in [0.4, 0.5) is 17.1 Å². The summed E-state index contributed by atoms with van der Waals surface area (Å²) in [6.07, 6.45) is 0. The minimum Gasteiger partial charge on any atom is -0.495 e. The van der Waals surface area contributed by atoms with Crippen molar-refractivity contribution in [3.63, 3.8) is 0 Å². The number of non-ortho nitro benzene ring substituents is 1. The molecule has 0 aromatic heterocycles. The summed E-state index contributed by atoms with van der Waals surface area (Å²) in [5, 5.41) is 19.3. The Morgan fingerprint density at radius 3 is 2.41 bits per heavy atom. The maximum Gasteiger partial charge on any atom is 0.271 e. The summed E-state index contributed by atoms with van der Waals surface area (Å²) in [5.41, 5.74) is 3.92. The fourth-order valence-corrected chi connectivity index (χ4v) is 4.90. The molecule has 0 saturated carbocycles. The van der Waals surface area contributed by atoms with Crippen molar-refractivity contribution >= 4 is 33.0 Å². The third kappa shape index (κ3) is 5.71. The molecule has 37 heavy (non-hydrogen) atoms. The van der Waals surface area contributed by atoms with E-state index in [4.69, 9.17) is 14.6 Å². The molecule has 0 unspecified atom stereocenters. The highest BCUT2D eigenvalue weighted by atomic mass is 32.2. The third-order valence-electron chi connectivity index (χ3n) is 6.05. The summed E-state index contributed by atoms with van der Waals surface area (Å²) in [4.78, 5) is 25.8. The Kier molecular flexibility index (Phi) is 7.43. The zero-order valence-electron chi connectivity index (χ0n) is 20.3. The number of carbonyl (C=O) groups is 1. The first-order valence-electron chi connectivity index (χ1n) is 11.3. The van der Waals surface area contributed by atoms with E-state index in [0.29, 0.717) is 37.6 Å². The summed E-state index contributed by atoms with van der Waals surface area (Å²) in [6, 6.07) is 14.0.